The third kappa shape index (κ3) is 5.66. The molecular weight excluding hydrogens is 368 g/mol. The molecule has 0 aliphatic heterocycles. The largest absolute Gasteiger partial charge is 0.478 e. The summed E-state index contributed by atoms with van der Waals surface area (Å²) in [6, 6.07) is 6.98. The molecule has 0 radical (unpaired) electrons. The summed E-state index contributed by atoms with van der Waals surface area (Å²) in [7, 11) is 0. The molecule has 2 aromatic rings. The van der Waals surface area contributed by atoms with E-state index in [-0.39, 0.29) is 17.1 Å². The Kier molecular flexibility index (Phi) is 6.64. The van der Waals surface area contributed by atoms with Gasteiger partial charge in [0.1, 0.15) is 11.7 Å². The van der Waals surface area contributed by atoms with Crippen molar-refractivity contribution in [3.63, 3.8) is 0 Å². The molecule has 1 saturated carbocycles. The maximum atomic E-state index is 7.40. The van der Waals surface area contributed by atoms with Crippen molar-refractivity contribution in [1.82, 2.24) is 9.97 Å². The number of hydrogen-bond acceptors (Lipinski definition) is 6. The SMILES string of the molecule is N=C(N)c1ccc(OCCC2(CCOc3ccc(C(=N)N)cn3)CCCC2)nc1. The number of pyridine rings is 2. The minimum atomic E-state index is -0.000572. The van der Waals surface area contributed by atoms with Crippen LogP contribution in [0.1, 0.15) is 49.7 Å². The Bertz CT molecular complexity index is 764. The number of nitrogen functional groups attached to an aromatic ring is 2. The number of amidine groups is 2. The summed E-state index contributed by atoms with van der Waals surface area (Å²) in [6.45, 7) is 1.19. The minimum absolute atomic E-state index is 0.000572. The van der Waals surface area contributed by atoms with Crippen LogP contribution in [0, 0.1) is 16.2 Å². The average Bonchev–Trinajstić information content (AvgIpc) is 3.17. The standard InChI is InChI=1S/C21H28N6O2/c22-19(23)15-3-5-17(26-13-15)28-11-9-21(7-1-2-8-21)10-12-29-18-6-4-16(14-27-18)20(24)25/h3-6,13-14H,1-2,7-12H2,(H3,22,23)(H3,24,25). The quantitative estimate of drug-likeness (QED) is 0.359. The lowest BCUT2D eigenvalue weighted by atomic mass is 9.80. The normalized spacial score (nSPS) is 15.0. The van der Waals surface area contributed by atoms with Gasteiger partial charge in [-0.2, -0.15) is 0 Å². The van der Waals surface area contributed by atoms with Crippen LogP contribution in [-0.4, -0.2) is 34.9 Å². The highest BCUT2D eigenvalue weighted by Gasteiger charge is 2.33. The number of hydrogen-bond donors (Lipinski definition) is 4. The topological polar surface area (TPSA) is 144 Å². The molecule has 2 heterocycles. The van der Waals surface area contributed by atoms with Gasteiger partial charge < -0.3 is 20.9 Å². The van der Waals surface area contributed by atoms with E-state index in [1.807, 2.05) is 0 Å². The van der Waals surface area contributed by atoms with Gasteiger partial charge in [0.15, 0.2) is 0 Å². The highest BCUT2D eigenvalue weighted by atomic mass is 16.5. The Labute approximate surface area is 170 Å². The van der Waals surface area contributed by atoms with Crippen LogP contribution in [0.15, 0.2) is 36.7 Å². The maximum absolute atomic E-state index is 7.40. The molecule has 1 aliphatic rings. The Hall–Kier alpha value is -3.16. The predicted octanol–water partition coefficient (Wildman–Crippen LogP) is 2.84. The van der Waals surface area contributed by atoms with Crippen molar-refractivity contribution >= 4 is 11.7 Å². The molecule has 1 fully saturated rings. The first kappa shape index (κ1) is 20.6. The number of nitrogens with zero attached hydrogens (tertiary/aromatic N) is 2. The lowest BCUT2D eigenvalue weighted by Crippen LogP contribution is -2.23. The fourth-order valence-electron chi connectivity index (χ4n) is 3.74. The Morgan fingerprint density at radius 2 is 1.28 bits per heavy atom. The molecule has 0 unspecified atom stereocenters. The van der Waals surface area contributed by atoms with Crippen LogP contribution in [0.2, 0.25) is 0 Å². The van der Waals surface area contributed by atoms with Crippen molar-refractivity contribution in [3.8, 4) is 11.8 Å². The molecule has 1 aliphatic carbocycles. The van der Waals surface area contributed by atoms with Crippen molar-refractivity contribution in [1.29, 1.82) is 10.8 Å². The van der Waals surface area contributed by atoms with Crippen LogP contribution in [0.5, 0.6) is 11.8 Å². The van der Waals surface area contributed by atoms with Gasteiger partial charge in [-0.1, -0.05) is 12.8 Å². The van der Waals surface area contributed by atoms with E-state index in [1.165, 1.54) is 25.7 Å². The second-order valence-corrected chi connectivity index (χ2v) is 7.50. The third-order valence-electron chi connectivity index (χ3n) is 5.52. The molecule has 0 atom stereocenters. The van der Waals surface area contributed by atoms with E-state index < -0.39 is 0 Å². The summed E-state index contributed by atoms with van der Waals surface area (Å²) in [6.07, 6.45) is 9.82. The van der Waals surface area contributed by atoms with Gasteiger partial charge in [0.25, 0.3) is 0 Å². The molecule has 3 rings (SSSR count). The summed E-state index contributed by atoms with van der Waals surface area (Å²) >= 11 is 0. The molecule has 0 aromatic carbocycles. The first-order valence-electron chi connectivity index (χ1n) is 9.84. The van der Waals surface area contributed by atoms with Crippen LogP contribution < -0.4 is 20.9 Å². The summed E-state index contributed by atoms with van der Waals surface area (Å²) in [5.74, 6) is 1.10. The summed E-state index contributed by atoms with van der Waals surface area (Å²) in [5.41, 5.74) is 12.3. The van der Waals surface area contributed by atoms with Gasteiger partial charge in [0.05, 0.1) is 13.2 Å². The Morgan fingerprint density at radius 3 is 1.62 bits per heavy atom. The first-order valence-corrected chi connectivity index (χ1v) is 9.84. The summed E-state index contributed by atoms with van der Waals surface area (Å²) in [5, 5.41) is 14.8. The fraction of sp³-hybridized carbons (Fsp3) is 0.429. The zero-order valence-corrected chi connectivity index (χ0v) is 16.5. The highest BCUT2D eigenvalue weighted by Crippen LogP contribution is 2.44. The predicted molar refractivity (Wildman–Crippen MR) is 112 cm³/mol. The van der Waals surface area contributed by atoms with Crippen molar-refractivity contribution in [3.05, 3.63) is 47.8 Å². The number of ether oxygens (including phenoxy) is 2. The van der Waals surface area contributed by atoms with Crippen molar-refractivity contribution in [2.24, 2.45) is 16.9 Å². The van der Waals surface area contributed by atoms with Gasteiger partial charge in [-0.05, 0) is 43.2 Å². The van der Waals surface area contributed by atoms with E-state index in [1.54, 1.807) is 36.7 Å². The molecule has 8 heteroatoms. The van der Waals surface area contributed by atoms with Crippen molar-refractivity contribution < 1.29 is 9.47 Å². The second-order valence-electron chi connectivity index (χ2n) is 7.50. The zero-order valence-electron chi connectivity index (χ0n) is 16.5. The first-order chi connectivity index (χ1) is 14.0. The second kappa shape index (κ2) is 9.36. The molecular formula is C21H28N6O2. The van der Waals surface area contributed by atoms with Crippen molar-refractivity contribution in [2.75, 3.05) is 13.2 Å². The van der Waals surface area contributed by atoms with Crippen LogP contribution >= 0.6 is 0 Å². The molecule has 2 aromatic heterocycles. The minimum Gasteiger partial charge on any atom is -0.478 e. The fourth-order valence-corrected chi connectivity index (χ4v) is 3.74. The van der Waals surface area contributed by atoms with Crippen LogP contribution in [-0.2, 0) is 0 Å². The summed E-state index contributed by atoms with van der Waals surface area (Å²) < 4.78 is 11.6. The Balaban J connectivity index is 1.47. The van der Waals surface area contributed by atoms with Crippen molar-refractivity contribution in [2.45, 2.75) is 38.5 Å². The molecule has 0 spiro atoms. The molecule has 0 amide bonds. The van der Waals surface area contributed by atoms with E-state index in [0.717, 1.165) is 12.8 Å². The molecule has 154 valence electrons. The lowest BCUT2D eigenvalue weighted by molar-refractivity contribution is 0.149. The van der Waals surface area contributed by atoms with Crippen LogP contribution in [0.4, 0.5) is 0 Å². The summed E-state index contributed by atoms with van der Waals surface area (Å²) in [4.78, 5) is 8.42. The van der Waals surface area contributed by atoms with E-state index in [9.17, 15) is 0 Å². The van der Waals surface area contributed by atoms with E-state index in [4.69, 9.17) is 31.8 Å². The zero-order chi connectivity index (χ0) is 20.7. The van der Waals surface area contributed by atoms with Gasteiger partial charge in [0.2, 0.25) is 11.8 Å². The number of rotatable bonds is 10. The monoisotopic (exact) mass is 396 g/mol. The van der Waals surface area contributed by atoms with Crippen LogP contribution in [0.25, 0.3) is 0 Å². The number of nitrogens with one attached hydrogen (secondary N) is 2. The molecule has 8 nitrogen and oxygen atoms in total. The average molecular weight is 396 g/mol. The molecule has 6 N–H and O–H groups in total. The smallest absolute Gasteiger partial charge is 0.213 e. The van der Waals surface area contributed by atoms with E-state index in [0.29, 0.717) is 36.1 Å². The maximum Gasteiger partial charge on any atom is 0.213 e. The lowest BCUT2D eigenvalue weighted by Gasteiger charge is -2.28. The molecule has 29 heavy (non-hydrogen) atoms. The third-order valence-corrected chi connectivity index (χ3v) is 5.52. The highest BCUT2D eigenvalue weighted by molar-refractivity contribution is 5.95. The van der Waals surface area contributed by atoms with Gasteiger partial charge in [0, 0.05) is 35.7 Å². The van der Waals surface area contributed by atoms with Gasteiger partial charge >= 0.3 is 0 Å². The van der Waals surface area contributed by atoms with Gasteiger partial charge in [-0.3, -0.25) is 10.8 Å². The van der Waals surface area contributed by atoms with E-state index >= 15 is 0 Å². The van der Waals surface area contributed by atoms with E-state index in [2.05, 4.69) is 9.97 Å². The van der Waals surface area contributed by atoms with Gasteiger partial charge in [-0.15, -0.1) is 0 Å². The van der Waals surface area contributed by atoms with Crippen LogP contribution in [0.3, 0.4) is 0 Å². The Morgan fingerprint density at radius 1 is 0.828 bits per heavy atom. The number of aromatic nitrogens is 2. The molecule has 0 saturated heterocycles. The van der Waals surface area contributed by atoms with Gasteiger partial charge in [-0.25, -0.2) is 9.97 Å². The molecule has 0 bridgehead atoms. The number of nitrogens with two attached hydrogens (primary N) is 2.